The number of azo groups is 4. The molecule has 0 aromatic heterocycles. The molecule has 27 nitrogen and oxygen atoms in total. The predicted octanol–water partition coefficient (Wildman–Crippen LogP) is 7.13. The summed E-state index contributed by atoms with van der Waals surface area (Å²) < 4.78 is 138. The Morgan fingerprint density at radius 2 is 0.816 bits per heavy atom. The monoisotopic (exact) mass is 1120 g/mol. The molecule has 384 valence electrons. The number of aromatic hydroxyl groups is 2. The third-order valence-electron chi connectivity index (χ3n) is 10.6. The molecule has 0 bridgehead atoms. The molecule has 15 N–H and O–H groups in total. The summed E-state index contributed by atoms with van der Waals surface area (Å²) in [5.74, 6) is -1.54. The van der Waals surface area contributed by atoms with Gasteiger partial charge in [0.1, 0.15) is 42.3 Å². The first kappa shape index (κ1) is 55.7. The van der Waals surface area contributed by atoms with E-state index < -0.39 is 82.9 Å². The third kappa shape index (κ3) is 12.4. The molecule has 0 aliphatic heterocycles. The fourth-order valence-electron chi connectivity index (χ4n) is 7.04. The van der Waals surface area contributed by atoms with E-state index >= 15 is 0 Å². The van der Waals surface area contributed by atoms with Gasteiger partial charge in [0.15, 0.2) is 11.5 Å². The van der Waals surface area contributed by atoms with Crippen LogP contribution in [0.4, 0.5) is 79.6 Å². The van der Waals surface area contributed by atoms with Crippen LogP contribution in [0, 0.1) is 0 Å². The fourth-order valence-corrected chi connectivity index (χ4v) is 9.64. The summed E-state index contributed by atoms with van der Waals surface area (Å²) in [6.45, 7) is 0. The molecule has 0 atom stereocenters. The summed E-state index contributed by atoms with van der Waals surface area (Å²) in [6.07, 6.45) is 0. The Morgan fingerprint density at radius 3 is 1.32 bits per heavy atom. The van der Waals surface area contributed by atoms with Crippen LogP contribution in [-0.2, 0) is 40.5 Å². The van der Waals surface area contributed by atoms with E-state index in [1.807, 2.05) is 0 Å². The zero-order valence-corrected chi connectivity index (χ0v) is 43.8. The molecule has 0 spiro atoms. The molecule has 32 heteroatoms. The van der Waals surface area contributed by atoms with Gasteiger partial charge in [0, 0.05) is 22.1 Å². The van der Waals surface area contributed by atoms with Gasteiger partial charge in [-0.1, -0.05) is 12.1 Å². The van der Waals surface area contributed by atoms with Crippen LogP contribution in [0.3, 0.4) is 0 Å². The number of phenols is 2. The van der Waals surface area contributed by atoms with Crippen molar-refractivity contribution in [2.75, 3.05) is 28.3 Å². The van der Waals surface area contributed by atoms with Crippen LogP contribution in [0.5, 0.6) is 11.5 Å². The normalized spacial score (nSPS) is 12.6. The number of phenolic OH excluding ortho intramolecular Hbond substituents is 2. The quantitative estimate of drug-likeness (QED) is 0.0223. The van der Waals surface area contributed by atoms with Crippen LogP contribution in [0.15, 0.2) is 182 Å². The minimum absolute atomic E-state index is 0. The van der Waals surface area contributed by atoms with E-state index in [-0.39, 0.29) is 114 Å². The Kier molecular flexibility index (Phi) is 15.6. The molecule has 0 amide bonds. The molecular formula is C44H35N13NaO14S4+. The fraction of sp³-hybridized carbons (Fsp3) is 0. The van der Waals surface area contributed by atoms with E-state index in [2.05, 4.69) is 46.2 Å². The van der Waals surface area contributed by atoms with Gasteiger partial charge in [0.05, 0.1) is 45.5 Å². The minimum Gasteiger partial charge on any atom is -0.505 e. The second-order valence-corrected chi connectivity index (χ2v) is 21.3. The molecule has 0 saturated heterocycles. The first-order chi connectivity index (χ1) is 35.1. The molecule has 0 aliphatic carbocycles. The molecule has 0 saturated carbocycles. The van der Waals surface area contributed by atoms with Crippen LogP contribution < -0.4 is 57.8 Å². The SMILES string of the molecule is Nc1ccc(N=Nc2ccc3cc(S(=O)(=O)O)c(N=Nc4ccc(Nc5ccc(N=Nc6c(S(=O)(=O)O)cc7ccc(N=Nc8cc(S(=O)(=O)O)c(N)cc8N)cc7c6O)cc5)c(S(=O)(=O)O)c4)c(O)c3c2)c(N)c1.[Na+]. The van der Waals surface area contributed by atoms with Crippen molar-refractivity contribution in [3.05, 3.63) is 121 Å². The Morgan fingerprint density at radius 1 is 0.382 bits per heavy atom. The summed E-state index contributed by atoms with van der Waals surface area (Å²) in [4.78, 5) is -3.11. The zero-order valence-electron chi connectivity index (χ0n) is 38.5. The third-order valence-corrected chi connectivity index (χ3v) is 14.1. The smallest absolute Gasteiger partial charge is 0.505 e. The second kappa shape index (κ2) is 21.3. The van der Waals surface area contributed by atoms with E-state index in [9.17, 15) is 62.1 Å². The summed E-state index contributed by atoms with van der Waals surface area (Å²) in [6, 6.07) is 25.2. The first-order valence-corrected chi connectivity index (χ1v) is 26.4. The Labute approximate surface area is 451 Å². The summed E-state index contributed by atoms with van der Waals surface area (Å²) in [5.41, 5.74) is 22.0. The van der Waals surface area contributed by atoms with E-state index in [0.717, 1.165) is 30.3 Å². The maximum Gasteiger partial charge on any atom is 1.00 e. The first-order valence-electron chi connectivity index (χ1n) is 20.7. The number of nitrogens with zero attached hydrogens (tertiary/aromatic N) is 8. The van der Waals surface area contributed by atoms with Gasteiger partial charge in [-0.05, 0) is 120 Å². The number of nitrogen functional groups attached to an aromatic ring is 4. The largest absolute Gasteiger partial charge is 1.00 e. The number of nitrogens with two attached hydrogens (primary N) is 4. The standard InChI is InChI=1S/C44H35N13O14S4.Na/c45-23-3-11-34(31(46)15-23)54-51-26-4-1-21-14-40(75(69,70)71)42(44(59)29(21)16-26)57-53-28-10-12-35(38(18-28)73(63,64)65)49-24-6-8-25(9-7-24)50-56-41-39(74(66,67)68)13-22-2-5-27(17-30(22)43(41)58)52-55-36-20-37(72(60,61)62)33(48)19-32(36)47;/h1-20,49,58-59H,45-48H2,(H,60,61,62)(H,63,64,65)(H,66,67,68)(H,69,70,71);/q;+1. The average molecular weight is 1120 g/mol. The van der Waals surface area contributed by atoms with E-state index in [0.29, 0.717) is 5.69 Å². The predicted molar refractivity (Wildman–Crippen MR) is 274 cm³/mol. The van der Waals surface area contributed by atoms with Crippen LogP contribution in [0.2, 0.25) is 0 Å². The number of rotatable bonds is 14. The van der Waals surface area contributed by atoms with Gasteiger partial charge in [-0.25, -0.2) is 0 Å². The maximum atomic E-state index is 12.6. The van der Waals surface area contributed by atoms with Gasteiger partial charge >= 0.3 is 29.6 Å². The van der Waals surface area contributed by atoms with Gasteiger partial charge in [-0.15, -0.1) is 20.5 Å². The number of hydrogen-bond acceptors (Lipinski definition) is 23. The average Bonchev–Trinajstić information content (AvgIpc) is 3.32. The van der Waals surface area contributed by atoms with Crippen molar-refractivity contribution >= 4 is 142 Å². The van der Waals surface area contributed by atoms with Crippen molar-refractivity contribution in [1.82, 2.24) is 0 Å². The summed E-state index contributed by atoms with van der Waals surface area (Å²) >= 11 is 0. The molecule has 0 fully saturated rings. The number of hydrogen-bond donors (Lipinski definition) is 11. The van der Waals surface area contributed by atoms with E-state index in [1.165, 1.54) is 84.9 Å². The molecule has 76 heavy (non-hydrogen) atoms. The van der Waals surface area contributed by atoms with Crippen molar-refractivity contribution < 1.29 is 91.7 Å². The molecule has 0 aliphatic rings. The summed E-state index contributed by atoms with van der Waals surface area (Å²) in [5, 5.41) is 57.2. The molecular weight excluding hydrogens is 1090 g/mol. The van der Waals surface area contributed by atoms with Crippen LogP contribution in [0.1, 0.15) is 0 Å². The number of anilines is 6. The van der Waals surface area contributed by atoms with Crippen LogP contribution in [0.25, 0.3) is 21.5 Å². The minimum atomic E-state index is -5.06. The van der Waals surface area contributed by atoms with E-state index in [1.54, 1.807) is 6.07 Å². The Balaban J connectivity index is 0.00000840. The topological polar surface area (TPSA) is 473 Å². The van der Waals surface area contributed by atoms with Gasteiger partial charge in [0.2, 0.25) is 0 Å². The van der Waals surface area contributed by atoms with Crippen molar-refractivity contribution in [1.29, 1.82) is 0 Å². The van der Waals surface area contributed by atoms with Gasteiger partial charge in [-0.3, -0.25) is 18.2 Å². The Bertz CT molecular complexity index is 4300. The summed E-state index contributed by atoms with van der Waals surface area (Å²) in [7, 11) is -19.9. The molecule has 0 heterocycles. The van der Waals surface area contributed by atoms with Crippen molar-refractivity contribution in [2.24, 2.45) is 40.9 Å². The maximum absolute atomic E-state index is 12.6. The zero-order chi connectivity index (χ0) is 54.4. The number of fused-ring (bicyclic) bond motifs is 2. The van der Waals surface area contributed by atoms with Crippen LogP contribution in [-0.4, -0.2) is 62.1 Å². The Hall–Kier alpha value is -8.08. The molecule has 8 aromatic rings. The van der Waals surface area contributed by atoms with Crippen molar-refractivity contribution in [2.45, 2.75) is 19.6 Å². The molecule has 8 aromatic carbocycles. The van der Waals surface area contributed by atoms with Crippen molar-refractivity contribution in [3.8, 4) is 11.5 Å². The number of benzene rings is 8. The molecule has 8 rings (SSSR count). The number of nitrogens with one attached hydrogen (secondary N) is 1. The van der Waals surface area contributed by atoms with Gasteiger partial charge in [-0.2, -0.15) is 54.1 Å². The van der Waals surface area contributed by atoms with Crippen LogP contribution >= 0.6 is 0 Å². The molecule has 0 unspecified atom stereocenters. The second-order valence-electron chi connectivity index (χ2n) is 15.8. The molecule has 0 radical (unpaired) electrons. The van der Waals surface area contributed by atoms with Crippen molar-refractivity contribution in [3.63, 3.8) is 0 Å². The van der Waals surface area contributed by atoms with E-state index in [4.69, 9.17) is 22.9 Å². The van der Waals surface area contributed by atoms with Gasteiger partial charge < -0.3 is 38.5 Å². The van der Waals surface area contributed by atoms with Gasteiger partial charge in [0.25, 0.3) is 40.5 Å².